The van der Waals surface area contributed by atoms with Crippen LogP contribution in [0.25, 0.3) is 0 Å². The predicted molar refractivity (Wildman–Crippen MR) is 84.8 cm³/mol. The third-order valence-electron chi connectivity index (χ3n) is 4.22. The number of hydrogen-bond acceptors (Lipinski definition) is 4. The molecule has 2 heterocycles. The largest absolute Gasteiger partial charge is 0.375 e. The summed E-state index contributed by atoms with van der Waals surface area (Å²) in [4.78, 5) is 7.96. The van der Waals surface area contributed by atoms with Crippen LogP contribution in [0.3, 0.4) is 0 Å². The molecule has 0 amide bonds. The van der Waals surface area contributed by atoms with Gasteiger partial charge in [-0.3, -0.25) is 4.90 Å². The first kappa shape index (κ1) is 13.6. The van der Waals surface area contributed by atoms with Gasteiger partial charge in [-0.2, -0.15) is 0 Å². The van der Waals surface area contributed by atoms with Crippen molar-refractivity contribution in [3.8, 4) is 0 Å². The van der Waals surface area contributed by atoms with Crippen LogP contribution < -0.4 is 5.73 Å². The van der Waals surface area contributed by atoms with E-state index in [-0.39, 0.29) is 0 Å². The Morgan fingerprint density at radius 2 is 2.15 bits per heavy atom. The van der Waals surface area contributed by atoms with Gasteiger partial charge in [0, 0.05) is 23.7 Å². The Morgan fingerprint density at radius 1 is 1.35 bits per heavy atom. The fourth-order valence-corrected chi connectivity index (χ4v) is 3.79. The van der Waals surface area contributed by atoms with Gasteiger partial charge < -0.3 is 5.73 Å². The number of nitrogens with zero attached hydrogens (tertiary/aromatic N) is 2. The Balaban J connectivity index is 1.62. The Labute approximate surface area is 124 Å². The van der Waals surface area contributed by atoms with Crippen molar-refractivity contribution in [1.29, 1.82) is 0 Å². The van der Waals surface area contributed by atoms with Gasteiger partial charge in [0.1, 0.15) is 0 Å². The standard InChI is InChI=1S/C16H21N3S/c1-12-9-14(13-5-3-2-4-6-13)7-8-19(12)11-15-10-18-16(17)20-15/h2-6,10,12,14H,7-9,11H2,1H3,(H2,17,18). The molecule has 1 fully saturated rings. The number of aromatic nitrogens is 1. The molecule has 106 valence electrons. The number of anilines is 1. The highest BCUT2D eigenvalue weighted by Gasteiger charge is 2.26. The lowest BCUT2D eigenvalue weighted by atomic mass is 9.86. The van der Waals surface area contributed by atoms with Crippen molar-refractivity contribution >= 4 is 16.5 Å². The van der Waals surface area contributed by atoms with Crippen molar-refractivity contribution in [2.75, 3.05) is 12.3 Å². The molecule has 0 radical (unpaired) electrons. The summed E-state index contributed by atoms with van der Waals surface area (Å²) in [5, 5.41) is 0.673. The highest BCUT2D eigenvalue weighted by atomic mass is 32.1. The summed E-state index contributed by atoms with van der Waals surface area (Å²) in [7, 11) is 0. The fraction of sp³-hybridized carbons (Fsp3) is 0.438. The molecule has 1 aliphatic rings. The summed E-state index contributed by atoms with van der Waals surface area (Å²) in [6.45, 7) is 4.47. The lowest BCUT2D eigenvalue weighted by Gasteiger charge is -2.37. The third-order valence-corrected chi connectivity index (χ3v) is 5.03. The maximum absolute atomic E-state index is 5.71. The SMILES string of the molecule is CC1CC(c2ccccc2)CCN1Cc1cnc(N)s1. The second kappa shape index (κ2) is 5.94. The van der Waals surface area contributed by atoms with Gasteiger partial charge in [0.25, 0.3) is 0 Å². The fourth-order valence-electron chi connectivity index (χ4n) is 3.08. The smallest absolute Gasteiger partial charge is 0.180 e. The Hall–Kier alpha value is -1.39. The van der Waals surface area contributed by atoms with Gasteiger partial charge in [-0.1, -0.05) is 30.3 Å². The Morgan fingerprint density at radius 3 is 2.80 bits per heavy atom. The summed E-state index contributed by atoms with van der Waals surface area (Å²) < 4.78 is 0. The topological polar surface area (TPSA) is 42.2 Å². The summed E-state index contributed by atoms with van der Waals surface area (Å²) in [5.41, 5.74) is 7.19. The summed E-state index contributed by atoms with van der Waals surface area (Å²) >= 11 is 1.61. The zero-order valence-corrected chi connectivity index (χ0v) is 12.6. The average Bonchev–Trinajstić information content (AvgIpc) is 2.87. The molecule has 0 bridgehead atoms. The molecule has 0 saturated carbocycles. The summed E-state index contributed by atoms with van der Waals surface area (Å²) in [5.74, 6) is 0.703. The molecule has 3 nitrogen and oxygen atoms in total. The molecule has 2 unspecified atom stereocenters. The molecule has 1 saturated heterocycles. The van der Waals surface area contributed by atoms with Gasteiger partial charge in [-0.25, -0.2) is 4.98 Å². The monoisotopic (exact) mass is 287 g/mol. The summed E-state index contributed by atoms with van der Waals surface area (Å²) in [6.07, 6.45) is 4.39. The van der Waals surface area contributed by atoms with Crippen molar-refractivity contribution < 1.29 is 0 Å². The van der Waals surface area contributed by atoms with E-state index in [4.69, 9.17) is 5.73 Å². The number of benzene rings is 1. The van der Waals surface area contributed by atoms with E-state index in [0.717, 1.165) is 13.1 Å². The second-order valence-corrected chi connectivity index (χ2v) is 6.76. The molecular weight excluding hydrogens is 266 g/mol. The van der Waals surface area contributed by atoms with Crippen LogP contribution >= 0.6 is 11.3 Å². The van der Waals surface area contributed by atoms with Crippen LogP contribution in [-0.4, -0.2) is 22.5 Å². The second-order valence-electron chi connectivity index (χ2n) is 5.62. The van der Waals surface area contributed by atoms with E-state index in [2.05, 4.69) is 47.1 Å². The number of nitrogen functional groups attached to an aromatic ring is 1. The van der Waals surface area contributed by atoms with E-state index in [9.17, 15) is 0 Å². The minimum atomic E-state index is 0.609. The molecule has 4 heteroatoms. The molecule has 2 aromatic rings. The van der Waals surface area contributed by atoms with Gasteiger partial charge in [-0.05, 0) is 37.8 Å². The number of thiazole rings is 1. The first-order valence-corrected chi connectivity index (χ1v) is 8.03. The molecule has 2 atom stereocenters. The van der Waals surface area contributed by atoms with Crippen molar-refractivity contribution in [2.45, 2.75) is 38.3 Å². The van der Waals surface area contributed by atoms with Crippen LogP contribution in [0, 0.1) is 0 Å². The van der Waals surface area contributed by atoms with E-state index in [1.807, 2.05) is 6.20 Å². The zero-order valence-electron chi connectivity index (χ0n) is 11.8. The molecule has 20 heavy (non-hydrogen) atoms. The first-order valence-electron chi connectivity index (χ1n) is 7.21. The van der Waals surface area contributed by atoms with Crippen molar-refractivity contribution in [3.63, 3.8) is 0 Å². The van der Waals surface area contributed by atoms with Crippen LogP contribution in [-0.2, 0) is 6.54 Å². The van der Waals surface area contributed by atoms with E-state index >= 15 is 0 Å². The minimum Gasteiger partial charge on any atom is -0.375 e. The summed E-state index contributed by atoms with van der Waals surface area (Å²) in [6, 6.07) is 11.5. The van der Waals surface area contributed by atoms with Gasteiger partial charge in [-0.15, -0.1) is 11.3 Å². The van der Waals surface area contributed by atoms with Crippen molar-refractivity contribution in [1.82, 2.24) is 9.88 Å². The molecule has 1 aromatic carbocycles. The molecule has 3 rings (SSSR count). The highest BCUT2D eigenvalue weighted by Crippen LogP contribution is 2.32. The Bertz CT molecular complexity index is 552. The van der Waals surface area contributed by atoms with E-state index in [1.165, 1.54) is 23.3 Å². The maximum Gasteiger partial charge on any atom is 0.180 e. The molecule has 0 spiro atoms. The third kappa shape index (κ3) is 3.02. The van der Waals surface area contributed by atoms with Crippen LogP contribution in [0.2, 0.25) is 0 Å². The number of hydrogen-bond donors (Lipinski definition) is 1. The van der Waals surface area contributed by atoms with E-state index in [1.54, 1.807) is 11.3 Å². The zero-order chi connectivity index (χ0) is 13.9. The Kier molecular flexibility index (Phi) is 4.03. The molecule has 0 aliphatic carbocycles. The van der Waals surface area contributed by atoms with Crippen LogP contribution in [0.4, 0.5) is 5.13 Å². The normalized spacial score (nSPS) is 23.9. The van der Waals surface area contributed by atoms with Gasteiger partial charge in [0.2, 0.25) is 0 Å². The van der Waals surface area contributed by atoms with Crippen molar-refractivity contribution in [2.24, 2.45) is 0 Å². The number of piperidine rings is 1. The van der Waals surface area contributed by atoms with Gasteiger partial charge in [0.05, 0.1) is 0 Å². The molecule has 1 aromatic heterocycles. The predicted octanol–water partition coefficient (Wildman–Crippen LogP) is 3.49. The molecule has 1 aliphatic heterocycles. The van der Waals surface area contributed by atoms with E-state index in [0.29, 0.717) is 17.1 Å². The lowest BCUT2D eigenvalue weighted by molar-refractivity contribution is 0.140. The molecule has 2 N–H and O–H groups in total. The van der Waals surface area contributed by atoms with Crippen LogP contribution in [0.1, 0.15) is 36.1 Å². The first-order chi connectivity index (χ1) is 9.72. The van der Waals surface area contributed by atoms with Gasteiger partial charge in [0.15, 0.2) is 5.13 Å². The lowest BCUT2D eigenvalue weighted by Crippen LogP contribution is -2.39. The van der Waals surface area contributed by atoms with E-state index < -0.39 is 0 Å². The van der Waals surface area contributed by atoms with Crippen molar-refractivity contribution in [3.05, 3.63) is 47.0 Å². The minimum absolute atomic E-state index is 0.609. The number of likely N-dealkylation sites (tertiary alicyclic amines) is 1. The van der Waals surface area contributed by atoms with Crippen LogP contribution in [0.15, 0.2) is 36.5 Å². The number of nitrogens with two attached hydrogens (primary N) is 1. The number of rotatable bonds is 3. The van der Waals surface area contributed by atoms with Crippen LogP contribution in [0.5, 0.6) is 0 Å². The maximum atomic E-state index is 5.71. The highest BCUT2D eigenvalue weighted by molar-refractivity contribution is 7.15. The molecular formula is C16H21N3S. The quantitative estimate of drug-likeness (QED) is 0.939. The van der Waals surface area contributed by atoms with Gasteiger partial charge >= 0.3 is 0 Å². The average molecular weight is 287 g/mol.